The van der Waals surface area contributed by atoms with Crippen molar-refractivity contribution in [3.63, 3.8) is 0 Å². The number of halogens is 1. The molecule has 7 heteroatoms. The molecular weight excluding hydrogens is 350 g/mol. The summed E-state index contributed by atoms with van der Waals surface area (Å²) in [4.78, 5) is 25.4. The molecule has 0 radical (unpaired) electrons. The molecule has 2 heterocycles. The Morgan fingerprint density at radius 3 is 2.96 bits per heavy atom. The number of hydrogen-bond acceptors (Lipinski definition) is 4. The molecule has 0 atom stereocenters. The van der Waals surface area contributed by atoms with Crippen molar-refractivity contribution in [3.05, 3.63) is 46.7 Å². The third kappa shape index (κ3) is 4.25. The van der Waals surface area contributed by atoms with Crippen molar-refractivity contribution in [1.82, 2.24) is 19.8 Å². The highest BCUT2D eigenvalue weighted by Crippen LogP contribution is 2.22. The monoisotopic (exact) mass is 373 g/mol. The highest BCUT2D eigenvalue weighted by molar-refractivity contribution is 6.30. The summed E-state index contributed by atoms with van der Waals surface area (Å²) in [5.74, 6) is 0.548. The molecule has 1 aliphatic rings. The van der Waals surface area contributed by atoms with Gasteiger partial charge >= 0.3 is 6.03 Å². The normalized spacial score (nSPS) is 13.3. The van der Waals surface area contributed by atoms with Crippen molar-refractivity contribution in [2.45, 2.75) is 33.2 Å². The van der Waals surface area contributed by atoms with E-state index in [1.807, 2.05) is 47.2 Å². The SMILES string of the molecule is CCCN(CC)C(=O)N1CCc2nc(Nc3cccc(Cl)c3)ncc2C1. The van der Waals surface area contributed by atoms with Crippen molar-refractivity contribution in [2.24, 2.45) is 0 Å². The third-order valence-corrected chi connectivity index (χ3v) is 4.67. The van der Waals surface area contributed by atoms with Crippen molar-refractivity contribution < 1.29 is 4.79 Å². The van der Waals surface area contributed by atoms with Crippen LogP contribution in [0.5, 0.6) is 0 Å². The smallest absolute Gasteiger partial charge is 0.320 e. The lowest BCUT2D eigenvalue weighted by atomic mass is 10.1. The average molecular weight is 374 g/mol. The van der Waals surface area contributed by atoms with Crippen LogP contribution < -0.4 is 5.32 Å². The molecule has 26 heavy (non-hydrogen) atoms. The van der Waals surface area contributed by atoms with Crippen LogP contribution in [-0.2, 0) is 13.0 Å². The van der Waals surface area contributed by atoms with Crippen LogP contribution in [0.4, 0.5) is 16.4 Å². The topological polar surface area (TPSA) is 61.4 Å². The summed E-state index contributed by atoms with van der Waals surface area (Å²) in [5, 5.41) is 3.84. The molecule has 0 saturated carbocycles. The Hall–Kier alpha value is -2.34. The van der Waals surface area contributed by atoms with E-state index in [1.54, 1.807) is 0 Å². The van der Waals surface area contributed by atoms with Crippen LogP contribution in [-0.4, -0.2) is 45.4 Å². The molecule has 0 spiro atoms. The fourth-order valence-electron chi connectivity index (χ4n) is 3.09. The lowest BCUT2D eigenvalue weighted by Gasteiger charge is -2.33. The summed E-state index contributed by atoms with van der Waals surface area (Å²) in [6.45, 7) is 6.87. The minimum atomic E-state index is 0.0983. The lowest BCUT2D eigenvalue weighted by molar-refractivity contribution is 0.149. The van der Waals surface area contributed by atoms with Crippen LogP contribution in [0.1, 0.15) is 31.5 Å². The van der Waals surface area contributed by atoms with Gasteiger partial charge in [-0.1, -0.05) is 24.6 Å². The minimum Gasteiger partial charge on any atom is -0.325 e. The zero-order chi connectivity index (χ0) is 18.5. The van der Waals surface area contributed by atoms with Gasteiger partial charge in [0.15, 0.2) is 0 Å². The van der Waals surface area contributed by atoms with Gasteiger partial charge < -0.3 is 15.1 Å². The molecule has 138 valence electrons. The maximum absolute atomic E-state index is 12.7. The number of carbonyl (C=O) groups is 1. The van der Waals surface area contributed by atoms with Gasteiger partial charge in [0, 0.05) is 48.5 Å². The fourth-order valence-corrected chi connectivity index (χ4v) is 3.28. The second kappa shape index (κ2) is 8.36. The van der Waals surface area contributed by atoms with Gasteiger partial charge in [0.25, 0.3) is 0 Å². The first kappa shape index (κ1) is 18.5. The summed E-state index contributed by atoms with van der Waals surface area (Å²) >= 11 is 6.01. The van der Waals surface area contributed by atoms with Crippen molar-refractivity contribution in [2.75, 3.05) is 25.0 Å². The molecule has 6 nitrogen and oxygen atoms in total. The number of urea groups is 1. The van der Waals surface area contributed by atoms with Gasteiger partial charge in [0.1, 0.15) is 0 Å². The zero-order valence-corrected chi connectivity index (χ0v) is 16.0. The summed E-state index contributed by atoms with van der Waals surface area (Å²) in [6.07, 6.45) is 3.51. The lowest BCUT2D eigenvalue weighted by Crippen LogP contribution is -2.45. The highest BCUT2D eigenvalue weighted by Gasteiger charge is 2.25. The van der Waals surface area contributed by atoms with E-state index in [4.69, 9.17) is 11.6 Å². The first-order chi connectivity index (χ1) is 12.6. The molecule has 0 unspecified atom stereocenters. The van der Waals surface area contributed by atoms with E-state index >= 15 is 0 Å². The molecule has 0 aliphatic carbocycles. The van der Waals surface area contributed by atoms with Gasteiger partial charge in [-0.15, -0.1) is 0 Å². The first-order valence-electron chi connectivity index (χ1n) is 9.02. The Kier molecular flexibility index (Phi) is 5.93. The number of nitrogens with zero attached hydrogens (tertiary/aromatic N) is 4. The zero-order valence-electron chi connectivity index (χ0n) is 15.2. The largest absolute Gasteiger partial charge is 0.325 e. The summed E-state index contributed by atoms with van der Waals surface area (Å²) in [6, 6.07) is 7.55. The van der Waals surface area contributed by atoms with E-state index < -0.39 is 0 Å². The molecule has 1 aromatic heterocycles. The molecule has 0 saturated heterocycles. The van der Waals surface area contributed by atoms with Gasteiger partial charge in [0.2, 0.25) is 5.95 Å². The van der Waals surface area contributed by atoms with Gasteiger partial charge in [-0.3, -0.25) is 0 Å². The number of anilines is 2. The Bertz CT molecular complexity index is 782. The van der Waals surface area contributed by atoms with Crippen LogP contribution >= 0.6 is 11.6 Å². The average Bonchev–Trinajstić information content (AvgIpc) is 2.65. The van der Waals surface area contributed by atoms with E-state index in [9.17, 15) is 4.79 Å². The number of hydrogen-bond donors (Lipinski definition) is 1. The number of aromatic nitrogens is 2. The predicted molar refractivity (Wildman–Crippen MR) is 104 cm³/mol. The number of nitrogens with one attached hydrogen (secondary N) is 1. The molecule has 2 aromatic rings. The second-order valence-electron chi connectivity index (χ2n) is 6.33. The van der Waals surface area contributed by atoms with E-state index in [1.165, 1.54) is 0 Å². The molecule has 1 aliphatic heterocycles. The quantitative estimate of drug-likeness (QED) is 0.857. The summed E-state index contributed by atoms with van der Waals surface area (Å²) < 4.78 is 0. The number of rotatable bonds is 5. The third-order valence-electron chi connectivity index (χ3n) is 4.43. The number of benzene rings is 1. The van der Waals surface area contributed by atoms with Crippen molar-refractivity contribution >= 4 is 29.3 Å². The maximum Gasteiger partial charge on any atom is 0.320 e. The maximum atomic E-state index is 12.7. The van der Waals surface area contributed by atoms with Crippen LogP contribution in [0, 0.1) is 0 Å². The van der Waals surface area contributed by atoms with Crippen molar-refractivity contribution in [3.8, 4) is 0 Å². The van der Waals surface area contributed by atoms with Crippen LogP contribution in [0.2, 0.25) is 5.02 Å². The fraction of sp³-hybridized carbons (Fsp3) is 0.421. The van der Waals surface area contributed by atoms with Gasteiger partial charge in [0.05, 0.1) is 12.2 Å². The molecule has 1 N–H and O–H groups in total. The van der Waals surface area contributed by atoms with E-state index in [0.717, 1.165) is 42.9 Å². The number of carbonyl (C=O) groups excluding carboxylic acids is 1. The van der Waals surface area contributed by atoms with E-state index in [-0.39, 0.29) is 6.03 Å². The van der Waals surface area contributed by atoms with Gasteiger partial charge in [-0.25, -0.2) is 14.8 Å². The highest BCUT2D eigenvalue weighted by atomic mass is 35.5. The Morgan fingerprint density at radius 1 is 1.38 bits per heavy atom. The summed E-state index contributed by atoms with van der Waals surface area (Å²) in [5.41, 5.74) is 2.85. The molecule has 1 aromatic carbocycles. The standard InChI is InChI=1S/C19H24ClN5O/c1-3-9-24(4-2)19(26)25-10-8-17-14(13-25)12-21-18(23-17)22-16-7-5-6-15(20)11-16/h5-7,11-12H,3-4,8-10,13H2,1-2H3,(H,21,22,23). The Labute approximate surface area is 159 Å². The first-order valence-corrected chi connectivity index (χ1v) is 9.39. The minimum absolute atomic E-state index is 0.0983. The molecule has 2 amide bonds. The van der Waals surface area contributed by atoms with E-state index in [0.29, 0.717) is 24.1 Å². The van der Waals surface area contributed by atoms with Crippen LogP contribution in [0.3, 0.4) is 0 Å². The van der Waals surface area contributed by atoms with Crippen LogP contribution in [0.15, 0.2) is 30.5 Å². The molecule has 0 bridgehead atoms. The molecular formula is C19H24ClN5O. The van der Waals surface area contributed by atoms with Gasteiger partial charge in [-0.05, 0) is 31.5 Å². The number of fused-ring (bicyclic) bond motifs is 1. The van der Waals surface area contributed by atoms with Gasteiger partial charge in [-0.2, -0.15) is 0 Å². The molecule has 0 fully saturated rings. The number of amides is 2. The Morgan fingerprint density at radius 2 is 2.23 bits per heavy atom. The van der Waals surface area contributed by atoms with Crippen molar-refractivity contribution in [1.29, 1.82) is 0 Å². The Balaban J connectivity index is 1.70. The van der Waals surface area contributed by atoms with E-state index in [2.05, 4.69) is 22.2 Å². The summed E-state index contributed by atoms with van der Waals surface area (Å²) in [7, 11) is 0. The molecule has 3 rings (SSSR count). The predicted octanol–water partition coefficient (Wildman–Crippen LogP) is 4.08. The second-order valence-corrected chi connectivity index (χ2v) is 6.77. The van der Waals surface area contributed by atoms with Crippen LogP contribution in [0.25, 0.3) is 0 Å².